The third-order valence-electron chi connectivity index (χ3n) is 0.818. The van der Waals surface area contributed by atoms with Crippen molar-refractivity contribution in [2.24, 2.45) is 0 Å². The van der Waals surface area contributed by atoms with Crippen LogP contribution in [0, 0.1) is 17.9 Å². The van der Waals surface area contributed by atoms with E-state index in [9.17, 15) is 0 Å². The molecule has 0 aliphatic carbocycles. The second kappa shape index (κ2) is 1.65. The number of nitrogens with one attached hydrogen (secondary N) is 1. The third kappa shape index (κ3) is 0.716. The summed E-state index contributed by atoms with van der Waals surface area (Å²) in [5, 5.41) is 10.9. The molecule has 0 fully saturated rings. The Hall–Kier alpha value is -0.970. The molecule has 0 aromatic rings. The molecule has 0 saturated heterocycles. The van der Waals surface area contributed by atoms with Crippen molar-refractivity contribution in [2.75, 3.05) is 0 Å². The molecule has 0 amide bonds. The minimum absolute atomic E-state index is 0.667. The summed E-state index contributed by atoms with van der Waals surface area (Å²) in [6.45, 7) is 1.85. The van der Waals surface area contributed by atoms with Gasteiger partial charge in [0.05, 0.1) is 6.54 Å². The zero-order valence-electron chi connectivity index (χ0n) is 3.81. The van der Waals surface area contributed by atoms with E-state index < -0.39 is 0 Å². The molecule has 1 heterocycles. The number of hydrogen-bond acceptors (Lipinski definition) is 2. The Bertz CT molecular complexity index is 130. The van der Waals surface area contributed by atoms with Gasteiger partial charge in [0.2, 0.25) is 0 Å². The van der Waals surface area contributed by atoms with Crippen LogP contribution in [0.5, 0.6) is 0 Å². The summed E-state index contributed by atoms with van der Waals surface area (Å²) in [6, 6.07) is 1.98. The van der Waals surface area contributed by atoms with Crippen LogP contribution < -0.4 is 5.32 Å². The fourth-order valence-corrected chi connectivity index (χ4v) is 0.483. The number of allylic oxidation sites excluding steroid dienone is 1. The average molecular weight is 93.1 g/mol. The van der Waals surface area contributed by atoms with Crippen molar-refractivity contribution in [1.82, 2.24) is 5.32 Å². The molecular weight excluding hydrogens is 88.1 g/mol. The lowest BCUT2D eigenvalue weighted by atomic mass is 10.4. The first-order chi connectivity index (χ1) is 3.43. The Morgan fingerprint density at radius 3 is 3.00 bits per heavy atom. The van der Waals surface area contributed by atoms with Gasteiger partial charge in [0.1, 0.15) is 11.8 Å². The van der Waals surface area contributed by atoms with Crippen molar-refractivity contribution in [1.29, 1.82) is 5.26 Å². The summed E-state index contributed by atoms with van der Waals surface area (Å²) < 4.78 is 0. The highest BCUT2D eigenvalue weighted by molar-refractivity contribution is 5.24. The Labute approximate surface area is 42.4 Å². The van der Waals surface area contributed by atoms with Crippen LogP contribution in [0.1, 0.15) is 6.42 Å². The topological polar surface area (TPSA) is 35.8 Å². The highest BCUT2D eigenvalue weighted by atomic mass is 14.9. The molecule has 1 aliphatic heterocycles. The lowest BCUT2D eigenvalue weighted by Gasteiger charge is -1.85. The Morgan fingerprint density at radius 1 is 1.86 bits per heavy atom. The highest BCUT2D eigenvalue weighted by Crippen LogP contribution is 2.00. The first kappa shape index (κ1) is 4.20. The molecule has 0 bridgehead atoms. The van der Waals surface area contributed by atoms with Gasteiger partial charge in [-0.3, -0.25) is 0 Å². The van der Waals surface area contributed by atoms with E-state index in [-0.39, 0.29) is 0 Å². The van der Waals surface area contributed by atoms with E-state index >= 15 is 0 Å². The molecule has 2 heteroatoms. The fraction of sp³-hybridized carbons (Fsp3) is 0.200. The van der Waals surface area contributed by atoms with Crippen molar-refractivity contribution < 1.29 is 0 Å². The van der Waals surface area contributed by atoms with E-state index in [1.54, 1.807) is 0 Å². The van der Waals surface area contributed by atoms with Crippen LogP contribution in [-0.2, 0) is 0 Å². The molecule has 1 aliphatic rings. The molecule has 0 unspecified atom stereocenters. The van der Waals surface area contributed by atoms with Gasteiger partial charge in [0, 0.05) is 0 Å². The summed E-state index contributed by atoms with van der Waals surface area (Å²) in [5.74, 6) is 0. The van der Waals surface area contributed by atoms with E-state index in [0.29, 0.717) is 5.70 Å². The Morgan fingerprint density at radius 2 is 2.71 bits per heavy atom. The van der Waals surface area contributed by atoms with E-state index in [4.69, 9.17) is 5.26 Å². The van der Waals surface area contributed by atoms with E-state index in [2.05, 4.69) is 5.32 Å². The Kier molecular flexibility index (Phi) is 0.991. The number of rotatable bonds is 0. The largest absolute Gasteiger partial charge is 0.372 e. The normalized spacial score (nSPS) is 17.3. The van der Waals surface area contributed by atoms with Crippen molar-refractivity contribution in [3.63, 3.8) is 0 Å². The first-order valence-electron chi connectivity index (χ1n) is 2.12. The molecule has 0 atom stereocenters. The Balaban J connectivity index is 2.57. The molecule has 0 spiro atoms. The van der Waals surface area contributed by atoms with Gasteiger partial charge in [0.25, 0.3) is 0 Å². The van der Waals surface area contributed by atoms with Crippen LogP contribution in [0.25, 0.3) is 0 Å². The highest BCUT2D eigenvalue weighted by Gasteiger charge is 1.98. The van der Waals surface area contributed by atoms with Gasteiger partial charge >= 0.3 is 0 Å². The molecule has 0 saturated carbocycles. The van der Waals surface area contributed by atoms with E-state index in [1.807, 2.05) is 18.7 Å². The maximum absolute atomic E-state index is 8.17. The average Bonchev–Trinajstić information content (AvgIpc) is 2.14. The predicted molar refractivity (Wildman–Crippen MR) is 25.7 cm³/mol. The minimum Gasteiger partial charge on any atom is -0.372 e. The molecule has 1 N–H and O–H groups in total. The standard InChI is InChI=1S/C5H5N2/c6-4-5-2-1-3-7-5/h2-3,7H,1H2. The van der Waals surface area contributed by atoms with Crippen molar-refractivity contribution in [3.05, 3.63) is 18.3 Å². The smallest absolute Gasteiger partial charge is 0.117 e. The summed E-state index contributed by atoms with van der Waals surface area (Å²) in [6.07, 6.45) is 2.73. The van der Waals surface area contributed by atoms with Crippen molar-refractivity contribution in [2.45, 2.75) is 6.42 Å². The van der Waals surface area contributed by atoms with Crippen LogP contribution in [0.15, 0.2) is 11.8 Å². The van der Waals surface area contributed by atoms with Gasteiger partial charge in [0.15, 0.2) is 0 Å². The van der Waals surface area contributed by atoms with Gasteiger partial charge in [-0.25, -0.2) is 0 Å². The van der Waals surface area contributed by atoms with Crippen LogP contribution in [0.4, 0.5) is 0 Å². The molecule has 35 valence electrons. The second-order valence-corrected chi connectivity index (χ2v) is 1.31. The van der Waals surface area contributed by atoms with Crippen LogP contribution >= 0.6 is 0 Å². The lowest BCUT2D eigenvalue weighted by molar-refractivity contribution is 1.03. The van der Waals surface area contributed by atoms with Crippen LogP contribution in [0.3, 0.4) is 0 Å². The van der Waals surface area contributed by atoms with Gasteiger partial charge in [-0.05, 0) is 12.5 Å². The first-order valence-corrected chi connectivity index (χ1v) is 2.12. The summed E-state index contributed by atoms with van der Waals surface area (Å²) in [4.78, 5) is 0. The van der Waals surface area contributed by atoms with Gasteiger partial charge in [-0.15, -0.1) is 0 Å². The number of hydrogen-bond donors (Lipinski definition) is 1. The maximum atomic E-state index is 8.17. The third-order valence-corrected chi connectivity index (χ3v) is 0.818. The summed E-state index contributed by atoms with van der Waals surface area (Å²) in [5.41, 5.74) is 0.667. The monoisotopic (exact) mass is 93.0 g/mol. The quantitative estimate of drug-likeness (QED) is 0.474. The SMILES string of the molecule is N#CC1=CC[CH]N1. The number of nitriles is 1. The van der Waals surface area contributed by atoms with E-state index in [0.717, 1.165) is 6.42 Å². The van der Waals surface area contributed by atoms with Gasteiger partial charge in [-0.2, -0.15) is 5.26 Å². The lowest BCUT2D eigenvalue weighted by Crippen LogP contribution is -1.98. The predicted octanol–water partition coefficient (Wildman–Crippen LogP) is 0.549. The summed E-state index contributed by atoms with van der Waals surface area (Å²) >= 11 is 0. The molecular formula is C5H5N2. The van der Waals surface area contributed by atoms with E-state index in [1.165, 1.54) is 0 Å². The molecule has 1 radical (unpaired) electrons. The fourth-order valence-electron chi connectivity index (χ4n) is 0.483. The second-order valence-electron chi connectivity index (χ2n) is 1.31. The minimum atomic E-state index is 0.667. The number of nitrogens with zero attached hydrogens (tertiary/aromatic N) is 1. The zero-order valence-corrected chi connectivity index (χ0v) is 3.81. The van der Waals surface area contributed by atoms with Crippen LogP contribution in [-0.4, -0.2) is 0 Å². The molecule has 0 aromatic heterocycles. The van der Waals surface area contributed by atoms with Crippen molar-refractivity contribution >= 4 is 0 Å². The van der Waals surface area contributed by atoms with Crippen LogP contribution in [0.2, 0.25) is 0 Å². The molecule has 0 aromatic carbocycles. The van der Waals surface area contributed by atoms with Gasteiger partial charge in [-0.1, -0.05) is 0 Å². The molecule has 2 nitrogen and oxygen atoms in total. The molecule has 1 rings (SSSR count). The van der Waals surface area contributed by atoms with Gasteiger partial charge < -0.3 is 5.32 Å². The summed E-state index contributed by atoms with van der Waals surface area (Å²) in [7, 11) is 0. The van der Waals surface area contributed by atoms with Crippen molar-refractivity contribution in [3.8, 4) is 6.07 Å². The maximum Gasteiger partial charge on any atom is 0.117 e. The zero-order chi connectivity index (χ0) is 5.11. The molecule has 7 heavy (non-hydrogen) atoms.